The van der Waals surface area contributed by atoms with E-state index in [0.717, 1.165) is 11.3 Å². The number of carbonyl (C=O) groups is 1. The maximum atomic E-state index is 12.1. The standard InChI is InChI=1S/C20H22N4O3S/c1-26-17-9-8-15(12-18(17)27-2)10-11-21-19(25)13-28-20-22-14-24(23-20)16-6-4-3-5-7-16/h3-9,12,14H,10-11,13H2,1-2H3,(H,21,25). The normalized spacial score (nSPS) is 10.5. The zero-order valence-electron chi connectivity index (χ0n) is 15.8. The molecule has 1 aromatic heterocycles. The average molecular weight is 398 g/mol. The van der Waals surface area contributed by atoms with Gasteiger partial charge in [0, 0.05) is 6.54 Å². The molecule has 0 fully saturated rings. The van der Waals surface area contributed by atoms with Crippen molar-refractivity contribution in [2.75, 3.05) is 26.5 Å². The Labute approximate surface area is 168 Å². The molecule has 0 unspecified atom stereocenters. The Morgan fingerprint density at radius 3 is 2.64 bits per heavy atom. The number of nitrogens with one attached hydrogen (secondary N) is 1. The average Bonchev–Trinajstić information content (AvgIpc) is 3.22. The van der Waals surface area contributed by atoms with Gasteiger partial charge < -0.3 is 14.8 Å². The lowest BCUT2D eigenvalue weighted by Gasteiger charge is -2.10. The molecule has 2 aromatic carbocycles. The fourth-order valence-electron chi connectivity index (χ4n) is 2.58. The second-order valence-electron chi connectivity index (χ2n) is 5.89. The van der Waals surface area contributed by atoms with Crippen LogP contribution in [0.3, 0.4) is 0 Å². The maximum Gasteiger partial charge on any atom is 0.230 e. The molecule has 0 saturated carbocycles. The van der Waals surface area contributed by atoms with Crippen molar-refractivity contribution in [3.63, 3.8) is 0 Å². The highest BCUT2D eigenvalue weighted by Gasteiger charge is 2.08. The number of rotatable bonds is 9. The van der Waals surface area contributed by atoms with Crippen LogP contribution in [-0.4, -0.2) is 47.2 Å². The van der Waals surface area contributed by atoms with Crippen LogP contribution >= 0.6 is 11.8 Å². The molecule has 1 amide bonds. The van der Waals surface area contributed by atoms with Crippen molar-refractivity contribution < 1.29 is 14.3 Å². The summed E-state index contributed by atoms with van der Waals surface area (Å²) in [4.78, 5) is 16.3. The lowest BCUT2D eigenvalue weighted by atomic mass is 10.1. The molecule has 0 aliphatic rings. The first-order valence-corrected chi connectivity index (χ1v) is 9.75. The third-order valence-corrected chi connectivity index (χ3v) is 4.86. The second-order valence-corrected chi connectivity index (χ2v) is 6.83. The van der Waals surface area contributed by atoms with Gasteiger partial charge >= 0.3 is 0 Å². The number of nitrogens with zero attached hydrogens (tertiary/aromatic N) is 3. The first kappa shape index (κ1) is 19.8. The number of aromatic nitrogens is 3. The van der Waals surface area contributed by atoms with Crippen molar-refractivity contribution in [1.82, 2.24) is 20.1 Å². The molecule has 28 heavy (non-hydrogen) atoms. The lowest BCUT2D eigenvalue weighted by molar-refractivity contribution is -0.118. The van der Waals surface area contributed by atoms with Crippen LogP contribution in [0.4, 0.5) is 0 Å². The van der Waals surface area contributed by atoms with Crippen LogP contribution in [0.2, 0.25) is 0 Å². The minimum atomic E-state index is -0.0541. The monoisotopic (exact) mass is 398 g/mol. The van der Waals surface area contributed by atoms with E-state index in [2.05, 4.69) is 15.4 Å². The quantitative estimate of drug-likeness (QED) is 0.559. The van der Waals surface area contributed by atoms with E-state index in [9.17, 15) is 4.79 Å². The summed E-state index contributed by atoms with van der Waals surface area (Å²) in [5.41, 5.74) is 2.00. The summed E-state index contributed by atoms with van der Waals surface area (Å²) in [5.74, 6) is 1.59. The van der Waals surface area contributed by atoms with Crippen LogP contribution in [0, 0.1) is 0 Å². The van der Waals surface area contributed by atoms with Crippen molar-refractivity contribution in [1.29, 1.82) is 0 Å². The van der Waals surface area contributed by atoms with Crippen LogP contribution in [0.1, 0.15) is 5.56 Å². The van der Waals surface area contributed by atoms with Gasteiger partial charge in [-0.2, -0.15) is 0 Å². The topological polar surface area (TPSA) is 78.3 Å². The first-order chi connectivity index (χ1) is 13.7. The molecule has 1 N–H and O–H groups in total. The van der Waals surface area contributed by atoms with Gasteiger partial charge in [-0.05, 0) is 36.2 Å². The van der Waals surface area contributed by atoms with Crippen molar-refractivity contribution in [3.8, 4) is 17.2 Å². The molecule has 3 aromatic rings. The smallest absolute Gasteiger partial charge is 0.230 e. The summed E-state index contributed by atoms with van der Waals surface area (Å²) in [5, 5.41) is 7.86. The third-order valence-electron chi connectivity index (χ3n) is 4.01. The van der Waals surface area contributed by atoms with Crippen LogP contribution in [0.15, 0.2) is 60.0 Å². The number of carbonyl (C=O) groups excluding carboxylic acids is 1. The number of methoxy groups -OCH3 is 2. The zero-order chi connectivity index (χ0) is 19.8. The molecule has 0 bridgehead atoms. The van der Waals surface area contributed by atoms with Gasteiger partial charge in [0.05, 0.1) is 25.7 Å². The van der Waals surface area contributed by atoms with Gasteiger partial charge in [-0.1, -0.05) is 36.0 Å². The Kier molecular flexibility index (Phi) is 6.91. The van der Waals surface area contributed by atoms with Crippen LogP contribution in [-0.2, 0) is 11.2 Å². The Balaban J connectivity index is 1.43. The molecule has 3 rings (SSSR count). The molecular formula is C20H22N4O3S. The number of benzene rings is 2. The van der Waals surface area contributed by atoms with Crippen LogP contribution in [0.5, 0.6) is 11.5 Å². The molecule has 0 saturated heterocycles. The Morgan fingerprint density at radius 2 is 1.89 bits per heavy atom. The Bertz CT molecular complexity index is 915. The van der Waals surface area contributed by atoms with Gasteiger partial charge in [-0.25, -0.2) is 9.67 Å². The van der Waals surface area contributed by atoms with Gasteiger partial charge in [0.2, 0.25) is 11.1 Å². The fourth-order valence-corrected chi connectivity index (χ4v) is 3.21. The van der Waals surface area contributed by atoms with E-state index < -0.39 is 0 Å². The zero-order valence-corrected chi connectivity index (χ0v) is 16.6. The number of amides is 1. The summed E-state index contributed by atoms with van der Waals surface area (Å²) in [6.07, 6.45) is 2.35. The molecular weight excluding hydrogens is 376 g/mol. The van der Waals surface area contributed by atoms with E-state index in [1.807, 2.05) is 48.5 Å². The summed E-state index contributed by atoms with van der Waals surface area (Å²) in [7, 11) is 3.21. The predicted octanol–water partition coefficient (Wildman–Crippen LogP) is 2.74. The van der Waals surface area contributed by atoms with Gasteiger partial charge in [0.1, 0.15) is 6.33 Å². The maximum absolute atomic E-state index is 12.1. The van der Waals surface area contributed by atoms with Crippen molar-refractivity contribution in [2.45, 2.75) is 11.6 Å². The molecule has 0 aliphatic carbocycles. The number of ether oxygens (including phenoxy) is 2. The van der Waals surface area contributed by atoms with Gasteiger partial charge in [0.15, 0.2) is 11.5 Å². The van der Waals surface area contributed by atoms with Gasteiger partial charge in [-0.3, -0.25) is 4.79 Å². The third kappa shape index (κ3) is 5.26. The Hall–Kier alpha value is -3.00. The second kappa shape index (κ2) is 9.80. The van der Waals surface area contributed by atoms with Gasteiger partial charge in [-0.15, -0.1) is 5.10 Å². The Morgan fingerprint density at radius 1 is 1.11 bits per heavy atom. The number of thioether (sulfide) groups is 1. The highest BCUT2D eigenvalue weighted by atomic mass is 32.2. The molecule has 0 aliphatic heterocycles. The summed E-state index contributed by atoms with van der Waals surface area (Å²) in [6, 6.07) is 15.5. The predicted molar refractivity (Wildman–Crippen MR) is 108 cm³/mol. The van der Waals surface area contributed by atoms with E-state index in [-0.39, 0.29) is 11.7 Å². The minimum absolute atomic E-state index is 0.0541. The van der Waals surface area contributed by atoms with Crippen molar-refractivity contribution >= 4 is 17.7 Å². The highest BCUT2D eigenvalue weighted by Crippen LogP contribution is 2.27. The van der Waals surface area contributed by atoms with E-state index >= 15 is 0 Å². The lowest BCUT2D eigenvalue weighted by Crippen LogP contribution is -2.27. The molecule has 8 heteroatoms. The summed E-state index contributed by atoms with van der Waals surface area (Å²) >= 11 is 1.31. The molecule has 1 heterocycles. The highest BCUT2D eigenvalue weighted by molar-refractivity contribution is 7.99. The van der Waals surface area contributed by atoms with Gasteiger partial charge in [0.25, 0.3) is 0 Å². The molecule has 7 nitrogen and oxygen atoms in total. The molecule has 0 radical (unpaired) electrons. The summed E-state index contributed by atoms with van der Waals surface area (Å²) in [6.45, 7) is 0.542. The van der Waals surface area contributed by atoms with Crippen LogP contribution in [0.25, 0.3) is 5.69 Å². The number of hydrogen-bond donors (Lipinski definition) is 1. The molecule has 0 atom stereocenters. The van der Waals surface area contributed by atoms with E-state index in [1.165, 1.54) is 11.8 Å². The molecule has 146 valence electrons. The van der Waals surface area contributed by atoms with E-state index in [0.29, 0.717) is 29.6 Å². The SMILES string of the molecule is COc1ccc(CCNC(=O)CSc2ncn(-c3ccccc3)n2)cc1OC. The van der Waals surface area contributed by atoms with E-state index in [4.69, 9.17) is 9.47 Å². The number of hydrogen-bond acceptors (Lipinski definition) is 6. The summed E-state index contributed by atoms with van der Waals surface area (Å²) < 4.78 is 12.2. The largest absolute Gasteiger partial charge is 0.493 e. The fraction of sp³-hybridized carbons (Fsp3) is 0.250. The van der Waals surface area contributed by atoms with Crippen LogP contribution < -0.4 is 14.8 Å². The molecule has 0 spiro atoms. The van der Waals surface area contributed by atoms with E-state index in [1.54, 1.807) is 25.2 Å². The van der Waals surface area contributed by atoms with Crippen molar-refractivity contribution in [3.05, 3.63) is 60.4 Å². The number of para-hydroxylation sites is 1. The first-order valence-electron chi connectivity index (χ1n) is 8.77. The minimum Gasteiger partial charge on any atom is -0.493 e. The van der Waals surface area contributed by atoms with Crippen molar-refractivity contribution in [2.24, 2.45) is 0 Å².